The van der Waals surface area contributed by atoms with Gasteiger partial charge in [-0.05, 0) is 137 Å². The molecule has 3 aromatic carbocycles. The van der Waals surface area contributed by atoms with E-state index < -0.39 is 10.8 Å². The van der Waals surface area contributed by atoms with Gasteiger partial charge < -0.3 is 19.3 Å². The van der Waals surface area contributed by atoms with E-state index in [-0.39, 0.29) is 30.2 Å². The van der Waals surface area contributed by atoms with Crippen molar-refractivity contribution in [3.63, 3.8) is 0 Å². The highest BCUT2D eigenvalue weighted by Gasteiger charge is 2.47. The number of rotatable bonds is 12. The predicted molar refractivity (Wildman–Crippen MR) is 190 cm³/mol. The smallest absolute Gasteiger partial charge is 0.316 e. The van der Waals surface area contributed by atoms with Crippen LogP contribution in [0.1, 0.15) is 77.7 Å². The Bertz CT molecular complexity index is 1520. The average Bonchev–Trinajstić information content (AvgIpc) is 3.83. The maximum atomic E-state index is 13.3. The van der Waals surface area contributed by atoms with E-state index in [1.807, 2.05) is 82.3 Å². The number of carbonyl (C=O) groups is 2. The van der Waals surface area contributed by atoms with Gasteiger partial charge >= 0.3 is 11.9 Å². The second-order valence-corrected chi connectivity index (χ2v) is 15.1. The molecule has 5 unspecified atom stereocenters. The van der Waals surface area contributed by atoms with Crippen LogP contribution in [0.2, 0.25) is 0 Å². The normalized spacial score (nSPS) is 21.6. The van der Waals surface area contributed by atoms with Crippen molar-refractivity contribution in [3.8, 4) is 22.6 Å². The van der Waals surface area contributed by atoms with Crippen molar-refractivity contribution in [2.45, 2.75) is 72.1 Å². The molecule has 6 nitrogen and oxygen atoms in total. The lowest BCUT2D eigenvalue weighted by molar-refractivity contribution is -0.156. The zero-order chi connectivity index (χ0) is 34.3. The molecule has 48 heavy (non-hydrogen) atoms. The maximum Gasteiger partial charge on any atom is 0.316 e. The zero-order valence-corrected chi connectivity index (χ0v) is 29.2. The topological polar surface area (TPSA) is 82.1 Å². The summed E-state index contributed by atoms with van der Waals surface area (Å²) in [5, 5.41) is 9.80. The summed E-state index contributed by atoms with van der Waals surface area (Å²) >= 11 is 0. The van der Waals surface area contributed by atoms with Crippen LogP contribution >= 0.6 is 0 Å². The average molecular weight is 653 g/mol. The van der Waals surface area contributed by atoms with Gasteiger partial charge in [-0.2, -0.15) is 0 Å². The van der Waals surface area contributed by atoms with Gasteiger partial charge in [-0.3, -0.25) is 9.59 Å². The Labute approximate surface area is 286 Å². The predicted octanol–water partition coefficient (Wildman–Crippen LogP) is 9.38. The third kappa shape index (κ3) is 8.76. The Balaban J connectivity index is 0.000000374. The van der Waals surface area contributed by atoms with Crippen molar-refractivity contribution >= 4 is 11.9 Å². The summed E-state index contributed by atoms with van der Waals surface area (Å²) in [5.41, 5.74) is 1.40. The Morgan fingerprint density at radius 1 is 0.792 bits per heavy atom. The van der Waals surface area contributed by atoms with E-state index >= 15 is 0 Å². The number of fused-ring (bicyclic) bond motifs is 5. The first-order chi connectivity index (χ1) is 23.0. The van der Waals surface area contributed by atoms with Gasteiger partial charge in [0.25, 0.3) is 0 Å². The van der Waals surface area contributed by atoms with Crippen LogP contribution in [-0.2, 0) is 19.1 Å². The molecular formula is C42H52O6. The van der Waals surface area contributed by atoms with E-state index in [0.29, 0.717) is 25.2 Å². The van der Waals surface area contributed by atoms with Crippen molar-refractivity contribution in [1.29, 1.82) is 0 Å². The molecule has 6 heteroatoms. The third-order valence-electron chi connectivity index (χ3n) is 10.6. The number of aromatic hydroxyl groups is 1. The highest BCUT2D eigenvalue weighted by atomic mass is 16.6. The highest BCUT2D eigenvalue weighted by molar-refractivity contribution is 5.79. The number of allylic oxidation sites excluding steroid dienone is 2. The summed E-state index contributed by atoms with van der Waals surface area (Å²) in [4.78, 5) is 26.1. The standard InChI is InChI=1S/C32H38O6.C10H14/c1-31(2,29(34)37-20-19-36-5)21-26(25-11-15-27(33)16-12-25)22-32(3,4)30(35)38-28-17-13-24(14-18-28)23-9-7-6-8-10-23;1-2-9-7-4-5-8(6-7)10(9)3-1/h6-18,26,33H,19-22H2,1-5H3;1-2,7-10H,3-6H2. The largest absolute Gasteiger partial charge is 0.508 e. The Hall–Kier alpha value is -3.90. The number of benzene rings is 3. The molecule has 5 atom stereocenters. The molecule has 3 aromatic rings. The Kier molecular flexibility index (Phi) is 11.5. The number of esters is 2. The van der Waals surface area contributed by atoms with Crippen LogP contribution in [0.15, 0.2) is 91.0 Å². The number of ether oxygens (including phenoxy) is 3. The number of methoxy groups -OCH3 is 1. The molecular weight excluding hydrogens is 600 g/mol. The molecule has 3 aliphatic rings. The molecule has 1 N–H and O–H groups in total. The fourth-order valence-corrected chi connectivity index (χ4v) is 7.95. The van der Waals surface area contributed by atoms with Crippen molar-refractivity contribution in [1.82, 2.24) is 0 Å². The van der Waals surface area contributed by atoms with Crippen LogP contribution in [0.3, 0.4) is 0 Å². The summed E-state index contributed by atoms with van der Waals surface area (Å²) in [6, 6.07) is 24.4. The molecule has 6 rings (SSSR count). The van der Waals surface area contributed by atoms with Crippen molar-refractivity contribution in [2.24, 2.45) is 34.5 Å². The quantitative estimate of drug-likeness (QED) is 0.0909. The van der Waals surface area contributed by atoms with Crippen LogP contribution in [0.4, 0.5) is 0 Å². The van der Waals surface area contributed by atoms with E-state index in [2.05, 4.69) is 12.2 Å². The van der Waals surface area contributed by atoms with E-state index in [9.17, 15) is 14.7 Å². The Morgan fingerprint density at radius 2 is 1.42 bits per heavy atom. The van der Waals surface area contributed by atoms with Crippen LogP contribution < -0.4 is 4.74 Å². The molecule has 0 saturated heterocycles. The SMILES string of the molecule is C1=CC2C3CCC(C3)C2C1.COCCOC(=O)C(C)(C)CC(CC(C)(C)C(=O)Oc1ccc(-c2ccccc2)cc1)c1ccc(O)cc1. The molecule has 0 amide bonds. The molecule has 0 spiro atoms. The first kappa shape index (κ1) is 35.4. The molecule has 2 bridgehead atoms. The second kappa shape index (κ2) is 15.5. The Morgan fingerprint density at radius 3 is 2.06 bits per heavy atom. The molecule has 2 saturated carbocycles. The van der Waals surface area contributed by atoms with Crippen LogP contribution in [-0.4, -0.2) is 37.4 Å². The minimum absolute atomic E-state index is 0.156. The van der Waals surface area contributed by atoms with E-state index in [1.54, 1.807) is 44.2 Å². The lowest BCUT2D eigenvalue weighted by atomic mass is 9.72. The lowest BCUT2D eigenvalue weighted by Crippen LogP contribution is -2.34. The van der Waals surface area contributed by atoms with Gasteiger partial charge in [0.1, 0.15) is 18.1 Å². The van der Waals surface area contributed by atoms with E-state index in [1.165, 1.54) is 12.8 Å². The zero-order valence-electron chi connectivity index (χ0n) is 29.2. The van der Waals surface area contributed by atoms with E-state index in [0.717, 1.165) is 40.4 Å². The fourth-order valence-electron chi connectivity index (χ4n) is 7.95. The van der Waals surface area contributed by atoms with Crippen LogP contribution in [0.5, 0.6) is 11.5 Å². The van der Waals surface area contributed by atoms with Crippen LogP contribution in [0.25, 0.3) is 11.1 Å². The number of carbonyl (C=O) groups excluding carboxylic acids is 2. The van der Waals surface area contributed by atoms with Gasteiger partial charge in [0.2, 0.25) is 0 Å². The second-order valence-electron chi connectivity index (χ2n) is 15.1. The highest BCUT2D eigenvalue weighted by Crippen LogP contribution is 2.56. The first-order valence-corrected chi connectivity index (χ1v) is 17.5. The van der Waals surface area contributed by atoms with Gasteiger partial charge in [0.05, 0.1) is 17.4 Å². The van der Waals surface area contributed by atoms with Crippen molar-refractivity contribution in [2.75, 3.05) is 20.3 Å². The van der Waals surface area contributed by atoms with Gasteiger partial charge in [-0.25, -0.2) is 0 Å². The lowest BCUT2D eigenvalue weighted by Gasteiger charge is -2.33. The van der Waals surface area contributed by atoms with Gasteiger partial charge in [-0.15, -0.1) is 0 Å². The summed E-state index contributed by atoms with van der Waals surface area (Å²) < 4.78 is 16.2. The van der Waals surface area contributed by atoms with Gasteiger partial charge in [-0.1, -0.05) is 66.7 Å². The number of hydrogen-bond donors (Lipinski definition) is 1. The van der Waals surface area contributed by atoms with Crippen LogP contribution in [0, 0.1) is 34.5 Å². The summed E-state index contributed by atoms with van der Waals surface area (Å²) in [6.07, 6.45) is 11.9. The third-order valence-corrected chi connectivity index (χ3v) is 10.6. The number of phenolic OH excluding ortho intramolecular Hbond substituents is 1. The summed E-state index contributed by atoms with van der Waals surface area (Å²) in [5.74, 6) is 4.15. The van der Waals surface area contributed by atoms with Crippen molar-refractivity contribution in [3.05, 3.63) is 96.6 Å². The minimum atomic E-state index is -0.851. The molecule has 0 aliphatic heterocycles. The maximum absolute atomic E-state index is 13.3. The van der Waals surface area contributed by atoms with Crippen molar-refractivity contribution < 1.29 is 28.9 Å². The van der Waals surface area contributed by atoms with Gasteiger partial charge in [0.15, 0.2) is 0 Å². The monoisotopic (exact) mass is 652 g/mol. The first-order valence-electron chi connectivity index (χ1n) is 17.5. The molecule has 256 valence electrons. The molecule has 0 aromatic heterocycles. The minimum Gasteiger partial charge on any atom is -0.508 e. The molecule has 0 radical (unpaired) electrons. The number of phenols is 1. The molecule has 3 aliphatic carbocycles. The summed E-state index contributed by atoms with van der Waals surface area (Å²) in [6.45, 7) is 7.90. The summed E-state index contributed by atoms with van der Waals surface area (Å²) in [7, 11) is 1.55. The molecule has 2 fully saturated rings. The number of hydrogen-bond acceptors (Lipinski definition) is 6. The van der Waals surface area contributed by atoms with Gasteiger partial charge in [0, 0.05) is 7.11 Å². The molecule has 0 heterocycles. The fraction of sp³-hybridized carbons (Fsp3) is 0.476. The van der Waals surface area contributed by atoms with E-state index in [4.69, 9.17) is 14.2 Å².